The van der Waals surface area contributed by atoms with Crippen molar-refractivity contribution in [2.45, 2.75) is 33.4 Å². The molecule has 0 unspecified atom stereocenters. The molecule has 3 rings (SSSR count). The van der Waals surface area contributed by atoms with E-state index in [0.29, 0.717) is 0 Å². The van der Waals surface area contributed by atoms with Crippen LogP contribution in [0.5, 0.6) is 5.75 Å². The van der Waals surface area contributed by atoms with Crippen molar-refractivity contribution >= 4 is 17.3 Å². The Balaban J connectivity index is 1.60. The molecular weight excluding hydrogens is 376 g/mol. The number of piperazine rings is 1. The quantitative estimate of drug-likeness (QED) is 0.778. The second-order valence-corrected chi connectivity index (χ2v) is 7.45. The molecule has 0 bridgehead atoms. The number of ether oxygens (including phenoxy) is 1. The molecule has 1 fully saturated rings. The lowest BCUT2D eigenvalue weighted by atomic mass is 10.1. The SMILES string of the molecule is Cc1cccc(N2CC[NH+]([C@@H](C)C(=O)Nc3ccccc3OC(F)F)CC2)c1C. The largest absolute Gasteiger partial charge is 0.433 e. The summed E-state index contributed by atoms with van der Waals surface area (Å²) in [5.41, 5.74) is 4.07. The number of para-hydroxylation sites is 2. The second-order valence-electron chi connectivity index (χ2n) is 7.45. The van der Waals surface area contributed by atoms with Crippen LogP contribution in [-0.2, 0) is 4.79 Å². The first kappa shape index (κ1) is 21.0. The Morgan fingerprint density at radius 3 is 2.48 bits per heavy atom. The Bertz CT molecular complexity index is 852. The predicted molar refractivity (Wildman–Crippen MR) is 110 cm³/mol. The number of halogens is 2. The van der Waals surface area contributed by atoms with Gasteiger partial charge in [0.1, 0.15) is 5.75 Å². The van der Waals surface area contributed by atoms with Crippen molar-refractivity contribution in [1.29, 1.82) is 0 Å². The Morgan fingerprint density at radius 1 is 1.10 bits per heavy atom. The fourth-order valence-electron chi connectivity index (χ4n) is 3.74. The van der Waals surface area contributed by atoms with Gasteiger partial charge in [0.05, 0.1) is 31.9 Å². The number of carbonyl (C=O) groups excluding carboxylic acids is 1. The number of benzene rings is 2. The molecule has 0 aliphatic carbocycles. The molecule has 1 heterocycles. The molecule has 0 radical (unpaired) electrons. The van der Waals surface area contributed by atoms with E-state index in [2.05, 4.69) is 47.0 Å². The van der Waals surface area contributed by atoms with Gasteiger partial charge in [-0.1, -0.05) is 24.3 Å². The topological polar surface area (TPSA) is 46.0 Å². The van der Waals surface area contributed by atoms with Crippen LogP contribution >= 0.6 is 0 Å². The molecular formula is C22H28F2N3O2+. The lowest BCUT2D eigenvalue weighted by Crippen LogP contribution is -3.19. The number of carbonyl (C=O) groups is 1. The third-order valence-corrected chi connectivity index (χ3v) is 5.69. The van der Waals surface area contributed by atoms with Gasteiger partial charge >= 0.3 is 6.61 Å². The van der Waals surface area contributed by atoms with E-state index in [9.17, 15) is 13.6 Å². The summed E-state index contributed by atoms with van der Waals surface area (Å²) in [4.78, 5) is 16.3. The van der Waals surface area contributed by atoms with Crippen LogP contribution in [0.1, 0.15) is 18.1 Å². The standard InChI is InChI=1S/C22H27F2N3O2/c1-15-7-6-9-19(16(15)2)27-13-11-26(12-14-27)17(3)21(28)25-18-8-4-5-10-20(18)29-22(23)24/h4-10,17,22H,11-14H2,1-3H3,(H,25,28)/p+1/t17-/m0/s1. The van der Waals surface area contributed by atoms with Crippen molar-refractivity contribution in [1.82, 2.24) is 0 Å². The summed E-state index contributed by atoms with van der Waals surface area (Å²) in [6, 6.07) is 12.3. The maximum absolute atomic E-state index is 12.7. The van der Waals surface area contributed by atoms with E-state index in [1.54, 1.807) is 18.2 Å². The van der Waals surface area contributed by atoms with Crippen molar-refractivity contribution in [2.24, 2.45) is 0 Å². The van der Waals surface area contributed by atoms with Gasteiger partial charge in [0.2, 0.25) is 0 Å². The second kappa shape index (κ2) is 9.22. The number of hydrogen-bond donors (Lipinski definition) is 2. The highest BCUT2D eigenvalue weighted by molar-refractivity contribution is 5.94. The van der Waals surface area contributed by atoms with Crippen LogP contribution in [0, 0.1) is 13.8 Å². The highest BCUT2D eigenvalue weighted by atomic mass is 19.3. The molecule has 7 heteroatoms. The van der Waals surface area contributed by atoms with E-state index < -0.39 is 6.61 Å². The summed E-state index contributed by atoms with van der Waals surface area (Å²) >= 11 is 0. The van der Waals surface area contributed by atoms with Crippen LogP contribution in [0.25, 0.3) is 0 Å². The zero-order valence-electron chi connectivity index (χ0n) is 17.0. The minimum absolute atomic E-state index is 0.0298. The summed E-state index contributed by atoms with van der Waals surface area (Å²) in [6.07, 6.45) is 0. The smallest absolute Gasteiger partial charge is 0.387 e. The van der Waals surface area contributed by atoms with E-state index in [4.69, 9.17) is 0 Å². The van der Waals surface area contributed by atoms with Crippen molar-refractivity contribution in [3.8, 4) is 5.75 Å². The van der Waals surface area contributed by atoms with Crippen LogP contribution in [0.4, 0.5) is 20.2 Å². The molecule has 1 aliphatic rings. The highest BCUT2D eigenvalue weighted by Gasteiger charge is 2.30. The average Bonchev–Trinajstić information content (AvgIpc) is 2.71. The Labute approximate surface area is 170 Å². The summed E-state index contributed by atoms with van der Waals surface area (Å²) in [7, 11) is 0. The number of hydrogen-bond acceptors (Lipinski definition) is 3. The number of quaternary nitrogens is 1. The van der Waals surface area contributed by atoms with Crippen molar-refractivity contribution < 1.29 is 23.2 Å². The summed E-state index contributed by atoms with van der Waals surface area (Å²) in [5.74, 6) is -0.233. The number of amides is 1. The number of aryl methyl sites for hydroxylation is 1. The van der Waals surface area contributed by atoms with Crippen LogP contribution in [0.3, 0.4) is 0 Å². The Hall–Kier alpha value is -2.67. The zero-order valence-corrected chi connectivity index (χ0v) is 17.0. The van der Waals surface area contributed by atoms with Gasteiger partial charge in [-0.15, -0.1) is 0 Å². The van der Waals surface area contributed by atoms with Crippen molar-refractivity contribution in [2.75, 3.05) is 36.4 Å². The zero-order chi connectivity index (χ0) is 21.0. The lowest BCUT2D eigenvalue weighted by molar-refractivity contribution is -0.914. The molecule has 29 heavy (non-hydrogen) atoms. The summed E-state index contributed by atoms with van der Waals surface area (Å²) in [5, 5.41) is 2.74. The van der Waals surface area contributed by atoms with Gasteiger partial charge in [-0.3, -0.25) is 4.79 Å². The summed E-state index contributed by atoms with van der Waals surface area (Å²) in [6.45, 7) is 6.57. The molecule has 5 nitrogen and oxygen atoms in total. The Kier molecular flexibility index (Phi) is 6.69. The third-order valence-electron chi connectivity index (χ3n) is 5.69. The fraction of sp³-hybridized carbons (Fsp3) is 0.409. The first-order chi connectivity index (χ1) is 13.9. The molecule has 2 N–H and O–H groups in total. The normalized spacial score (nSPS) is 16.0. The first-order valence-corrected chi connectivity index (χ1v) is 9.87. The van der Waals surface area contributed by atoms with Gasteiger partial charge in [0.25, 0.3) is 5.91 Å². The molecule has 156 valence electrons. The monoisotopic (exact) mass is 404 g/mol. The van der Waals surface area contributed by atoms with Crippen molar-refractivity contribution in [3.63, 3.8) is 0 Å². The molecule has 0 aromatic heterocycles. The van der Waals surface area contributed by atoms with E-state index in [1.807, 2.05) is 6.92 Å². The van der Waals surface area contributed by atoms with E-state index in [1.165, 1.54) is 27.8 Å². The van der Waals surface area contributed by atoms with Crippen LogP contribution in [-0.4, -0.2) is 44.7 Å². The maximum atomic E-state index is 12.7. The van der Waals surface area contributed by atoms with Gasteiger partial charge in [-0.2, -0.15) is 8.78 Å². The number of nitrogens with zero attached hydrogens (tertiary/aromatic N) is 1. The van der Waals surface area contributed by atoms with Gasteiger partial charge in [0, 0.05) is 5.69 Å². The average molecular weight is 404 g/mol. The van der Waals surface area contributed by atoms with E-state index >= 15 is 0 Å². The highest BCUT2D eigenvalue weighted by Crippen LogP contribution is 2.25. The van der Waals surface area contributed by atoms with Gasteiger partial charge < -0.3 is 19.9 Å². The molecule has 0 spiro atoms. The number of rotatable bonds is 6. The molecule has 2 aromatic carbocycles. The molecule has 1 saturated heterocycles. The molecule has 1 amide bonds. The van der Waals surface area contributed by atoms with Crippen molar-refractivity contribution in [3.05, 3.63) is 53.6 Å². The summed E-state index contributed by atoms with van der Waals surface area (Å²) < 4.78 is 29.6. The van der Waals surface area contributed by atoms with Crippen LogP contribution in [0.2, 0.25) is 0 Å². The number of nitrogens with one attached hydrogen (secondary N) is 2. The van der Waals surface area contributed by atoms with Crippen LogP contribution < -0.4 is 19.9 Å². The number of anilines is 2. The van der Waals surface area contributed by atoms with E-state index in [-0.39, 0.29) is 23.4 Å². The predicted octanol–water partition coefficient (Wildman–Crippen LogP) is 2.64. The minimum Gasteiger partial charge on any atom is -0.433 e. The lowest BCUT2D eigenvalue weighted by Gasteiger charge is -2.36. The third kappa shape index (κ3) is 5.03. The maximum Gasteiger partial charge on any atom is 0.387 e. The fourth-order valence-corrected chi connectivity index (χ4v) is 3.74. The minimum atomic E-state index is -2.94. The Morgan fingerprint density at radius 2 is 1.79 bits per heavy atom. The molecule has 2 aromatic rings. The molecule has 0 saturated carbocycles. The van der Waals surface area contributed by atoms with Gasteiger partial charge in [-0.25, -0.2) is 0 Å². The molecule has 1 atom stereocenters. The van der Waals surface area contributed by atoms with Gasteiger partial charge in [0.15, 0.2) is 6.04 Å². The number of alkyl halides is 2. The van der Waals surface area contributed by atoms with E-state index in [0.717, 1.165) is 26.2 Å². The molecule has 1 aliphatic heterocycles. The van der Waals surface area contributed by atoms with Crippen LogP contribution in [0.15, 0.2) is 42.5 Å². The van der Waals surface area contributed by atoms with Gasteiger partial charge in [-0.05, 0) is 50.1 Å². The first-order valence-electron chi connectivity index (χ1n) is 9.87.